The second-order valence-corrected chi connectivity index (χ2v) is 5.32. The van der Waals surface area contributed by atoms with Gasteiger partial charge < -0.3 is 15.8 Å². The summed E-state index contributed by atoms with van der Waals surface area (Å²) in [5.74, 6) is 0.420. The maximum atomic E-state index is 6.13. The van der Waals surface area contributed by atoms with Crippen LogP contribution >= 0.6 is 23.8 Å². The molecule has 0 aliphatic carbocycles. The first-order valence-corrected chi connectivity index (χ1v) is 6.59. The SMILES string of the molecule is COCC(Nc1cccc(Cl)c1C(N)=S)C(C)C. The average Bonchev–Trinajstić information content (AvgIpc) is 2.27. The summed E-state index contributed by atoms with van der Waals surface area (Å²) in [7, 11) is 1.68. The lowest BCUT2D eigenvalue weighted by Crippen LogP contribution is -2.31. The van der Waals surface area contributed by atoms with Crippen molar-refractivity contribution in [3.8, 4) is 0 Å². The van der Waals surface area contributed by atoms with Gasteiger partial charge in [-0.1, -0.05) is 43.7 Å². The van der Waals surface area contributed by atoms with Gasteiger partial charge in [0.1, 0.15) is 4.99 Å². The van der Waals surface area contributed by atoms with Crippen LogP contribution in [0.5, 0.6) is 0 Å². The molecule has 1 unspecified atom stereocenters. The Morgan fingerprint density at radius 2 is 2.17 bits per heavy atom. The lowest BCUT2D eigenvalue weighted by atomic mass is 10.0. The van der Waals surface area contributed by atoms with Gasteiger partial charge in [-0.3, -0.25) is 0 Å². The Bertz CT molecular complexity index is 423. The molecule has 1 aromatic rings. The predicted molar refractivity (Wildman–Crippen MR) is 81.5 cm³/mol. The maximum absolute atomic E-state index is 6.13. The Balaban J connectivity index is 3.02. The summed E-state index contributed by atoms with van der Waals surface area (Å²) in [5.41, 5.74) is 7.26. The quantitative estimate of drug-likeness (QED) is 0.789. The van der Waals surface area contributed by atoms with E-state index in [9.17, 15) is 0 Å². The molecule has 1 aromatic carbocycles. The van der Waals surface area contributed by atoms with Crippen LogP contribution < -0.4 is 11.1 Å². The third-order valence-electron chi connectivity index (χ3n) is 2.75. The van der Waals surface area contributed by atoms with Crippen LogP contribution in [-0.4, -0.2) is 24.7 Å². The minimum absolute atomic E-state index is 0.182. The van der Waals surface area contributed by atoms with E-state index in [1.807, 2.05) is 12.1 Å². The number of halogens is 1. The van der Waals surface area contributed by atoms with Crippen molar-refractivity contribution in [3.05, 3.63) is 28.8 Å². The Morgan fingerprint density at radius 3 is 2.67 bits per heavy atom. The lowest BCUT2D eigenvalue weighted by molar-refractivity contribution is 0.171. The van der Waals surface area contributed by atoms with Crippen LogP contribution in [0.3, 0.4) is 0 Å². The summed E-state index contributed by atoms with van der Waals surface area (Å²) in [4.78, 5) is 0.294. The lowest BCUT2D eigenvalue weighted by Gasteiger charge is -2.24. The molecule has 0 bridgehead atoms. The van der Waals surface area contributed by atoms with Crippen molar-refractivity contribution >= 4 is 34.5 Å². The maximum Gasteiger partial charge on any atom is 0.107 e. The first-order valence-electron chi connectivity index (χ1n) is 5.81. The molecule has 0 radical (unpaired) electrons. The highest BCUT2D eigenvalue weighted by molar-refractivity contribution is 7.80. The number of benzene rings is 1. The molecule has 5 heteroatoms. The Kier molecular flexibility index (Phi) is 5.85. The number of methoxy groups -OCH3 is 1. The number of nitrogens with two attached hydrogens (primary N) is 1. The normalized spacial score (nSPS) is 12.5. The van der Waals surface area contributed by atoms with Gasteiger partial charge >= 0.3 is 0 Å². The second kappa shape index (κ2) is 6.92. The van der Waals surface area contributed by atoms with Crippen molar-refractivity contribution in [2.45, 2.75) is 19.9 Å². The minimum Gasteiger partial charge on any atom is -0.389 e. The van der Waals surface area contributed by atoms with Crippen molar-refractivity contribution in [2.75, 3.05) is 19.0 Å². The molecule has 1 atom stereocenters. The summed E-state index contributed by atoms with van der Waals surface area (Å²) >= 11 is 11.2. The van der Waals surface area contributed by atoms with Gasteiger partial charge in [0, 0.05) is 12.8 Å². The topological polar surface area (TPSA) is 47.3 Å². The van der Waals surface area contributed by atoms with Crippen LogP contribution in [-0.2, 0) is 4.74 Å². The highest BCUT2D eigenvalue weighted by Gasteiger charge is 2.16. The number of rotatable bonds is 6. The standard InChI is InChI=1S/C13H19ClN2OS/c1-8(2)11(7-17-3)16-10-6-4-5-9(14)12(10)13(15)18/h4-6,8,11,16H,7H2,1-3H3,(H2,15,18). The fourth-order valence-corrected chi connectivity index (χ4v) is 2.23. The molecular formula is C13H19ClN2OS. The molecular weight excluding hydrogens is 268 g/mol. The molecule has 0 aromatic heterocycles. The molecule has 0 fully saturated rings. The first-order chi connectivity index (χ1) is 8.47. The Hall–Kier alpha value is -0.840. The number of hydrogen-bond acceptors (Lipinski definition) is 3. The fourth-order valence-electron chi connectivity index (χ4n) is 1.67. The number of ether oxygens (including phenoxy) is 1. The zero-order chi connectivity index (χ0) is 13.7. The second-order valence-electron chi connectivity index (χ2n) is 4.48. The van der Waals surface area contributed by atoms with Crippen molar-refractivity contribution in [1.29, 1.82) is 0 Å². The third-order valence-corrected chi connectivity index (χ3v) is 3.27. The molecule has 18 heavy (non-hydrogen) atoms. The van der Waals surface area contributed by atoms with Gasteiger partial charge in [-0.25, -0.2) is 0 Å². The van der Waals surface area contributed by atoms with Gasteiger partial charge in [-0.2, -0.15) is 0 Å². The average molecular weight is 287 g/mol. The predicted octanol–water partition coefficient (Wildman–Crippen LogP) is 3.06. The van der Waals surface area contributed by atoms with E-state index in [0.717, 1.165) is 5.69 Å². The molecule has 0 spiro atoms. The van der Waals surface area contributed by atoms with Crippen LogP contribution in [0, 0.1) is 5.92 Å². The molecule has 0 aliphatic heterocycles. The number of anilines is 1. The molecule has 3 nitrogen and oxygen atoms in total. The van der Waals surface area contributed by atoms with Crippen LogP contribution in [0.2, 0.25) is 5.02 Å². The van der Waals surface area contributed by atoms with Gasteiger partial charge in [0.2, 0.25) is 0 Å². The zero-order valence-electron chi connectivity index (χ0n) is 10.9. The van der Waals surface area contributed by atoms with Crippen LogP contribution in [0.15, 0.2) is 18.2 Å². The Morgan fingerprint density at radius 1 is 1.50 bits per heavy atom. The van der Waals surface area contributed by atoms with E-state index in [0.29, 0.717) is 28.1 Å². The highest BCUT2D eigenvalue weighted by atomic mass is 35.5. The molecule has 0 saturated carbocycles. The monoisotopic (exact) mass is 286 g/mol. The molecule has 100 valence electrons. The highest BCUT2D eigenvalue weighted by Crippen LogP contribution is 2.25. The van der Waals surface area contributed by atoms with Crippen molar-refractivity contribution in [2.24, 2.45) is 11.7 Å². The van der Waals surface area contributed by atoms with E-state index < -0.39 is 0 Å². The summed E-state index contributed by atoms with van der Waals surface area (Å²) in [6.07, 6.45) is 0. The fraction of sp³-hybridized carbons (Fsp3) is 0.462. The summed E-state index contributed by atoms with van der Waals surface area (Å²) in [5, 5.41) is 3.96. The summed E-state index contributed by atoms with van der Waals surface area (Å²) in [6, 6.07) is 5.76. The number of nitrogens with one attached hydrogen (secondary N) is 1. The van der Waals surface area contributed by atoms with Gasteiger partial charge in [-0.15, -0.1) is 0 Å². The molecule has 3 N–H and O–H groups in total. The molecule has 0 heterocycles. The minimum atomic E-state index is 0.182. The zero-order valence-corrected chi connectivity index (χ0v) is 12.4. The third kappa shape index (κ3) is 3.83. The largest absolute Gasteiger partial charge is 0.389 e. The van der Waals surface area contributed by atoms with Crippen molar-refractivity contribution in [3.63, 3.8) is 0 Å². The van der Waals surface area contributed by atoms with Crippen LogP contribution in [0.1, 0.15) is 19.4 Å². The molecule has 1 rings (SSSR count). The summed E-state index contributed by atoms with van der Waals surface area (Å²) in [6.45, 7) is 4.87. The van der Waals surface area contributed by atoms with Gasteiger partial charge in [0.05, 0.1) is 23.2 Å². The van der Waals surface area contributed by atoms with E-state index in [1.165, 1.54) is 0 Å². The van der Waals surface area contributed by atoms with E-state index in [2.05, 4.69) is 19.2 Å². The molecule has 0 saturated heterocycles. The number of hydrogen-bond donors (Lipinski definition) is 2. The van der Waals surface area contributed by atoms with Crippen LogP contribution in [0.4, 0.5) is 5.69 Å². The molecule has 0 amide bonds. The smallest absolute Gasteiger partial charge is 0.107 e. The van der Waals surface area contributed by atoms with Crippen molar-refractivity contribution < 1.29 is 4.74 Å². The van der Waals surface area contributed by atoms with E-state index in [4.69, 9.17) is 34.3 Å². The van der Waals surface area contributed by atoms with E-state index in [1.54, 1.807) is 13.2 Å². The van der Waals surface area contributed by atoms with Gasteiger partial charge in [0.15, 0.2) is 0 Å². The number of thiocarbonyl (C=S) groups is 1. The summed E-state index contributed by atoms with van der Waals surface area (Å²) < 4.78 is 5.21. The first kappa shape index (κ1) is 15.2. The molecule has 0 aliphatic rings. The van der Waals surface area contributed by atoms with Crippen molar-refractivity contribution in [1.82, 2.24) is 0 Å². The van der Waals surface area contributed by atoms with E-state index >= 15 is 0 Å². The van der Waals surface area contributed by atoms with Gasteiger partial charge in [0.25, 0.3) is 0 Å². The van der Waals surface area contributed by atoms with Crippen LogP contribution in [0.25, 0.3) is 0 Å². The van der Waals surface area contributed by atoms with E-state index in [-0.39, 0.29) is 6.04 Å². The van der Waals surface area contributed by atoms with Gasteiger partial charge in [-0.05, 0) is 18.1 Å². The Labute approximate surface area is 119 Å².